The van der Waals surface area contributed by atoms with Crippen LogP contribution in [0.5, 0.6) is 0 Å². The summed E-state index contributed by atoms with van der Waals surface area (Å²) in [6.45, 7) is 6.26. The first kappa shape index (κ1) is 17.4. The summed E-state index contributed by atoms with van der Waals surface area (Å²) in [4.78, 5) is 11.9. The Balaban J connectivity index is 2.43. The molecule has 0 heterocycles. The van der Waals surface area contributed by atoms with Gasteiger partial charge in [-0.1, -0.05) is 13.0 Å². The van der Waals surface area contributed by atoms with Crippen molar-refractivity contribution in [2.75, 3.05) is 13.2 Å². The lowest BCUT2D eigenvalue weighted by Gasteiger charge is -2.29. The predicted octanol–water partition coefficient (Wildman–Crippen LogP) is 2.53. The van der Waals surface area contributed by atoms with E-state index in [0.717, 1.165) is 17.5 Å². The number of rotatable bonds is 7. The Kier molecular flexibility index (Phi) is 6.62. The number of aliphatic hydroxyl groups excluding tert-OH is 1. The Morgan fingerprint density at radius 3 is 2.71 bits per heavy atom. The van der Waals surface area contributed by atoms with Crippen LogP contribution in [0.4, 0.5) is 9.18 Å². The summed E-state index contributed by atoms with van der Waals surface area (Å²) in [7, 11) is 0. The SMILES string of the molecule is CCC(C)(CCO)NC(=O)NCCc1ccc(F)cc1C. The van der Waals surface area contributed by atoms with Crippen molar-refractivity contribution in [3.63, 3.8) is 0 Å². The molecule has 0 aliphatic carbocycles. The average Bonchev–Trinajstić information content (AvgIpc) is 2.41. The van der Waals surface area contributed by atoms with E-state index in [2.05, 4.69) is 10.6 Å². The van der Waals surface area contributed by atoms with Crippen LogP contribution >= 0.6 is 0 Å². The Labute approximate surface area is 125 Å². The second kappa shape index (κ2) is 7.98. The molecule has 4 nitrogen and oxygen atoms in total. The van der Waals surface area contributed by atoms with Crippen LogP contribution < -0.4 is 10.6 Å². The van der Waals surface area contributed by atoms with Crippen molar-refractivity contribution >= 4 is 6.03 Å². The molecule has 3 N–H and O–H groups in total. The molecule has 1 rings (SSSR count). The van der Waals surface area contributed by atoms with Gasteiger partial charge in [-0.2, -0.15) is 0 Å². The van der Waals surface area contributed by atoms with Gasteiger partial charge in [0.25, 0.3) is 0 Å². The molecule has 0 bridgehead atoms. The number of nitrogens with one attached hydrogen (secondary N) is 2. The van der Waals surface area contributed by atoms with Crippen LogP contribution in [0.1, 0.15) is 37.8 Å². The predicted molar refractivity (Wildman–Crippen MR) is 81.8 cm³/mol. The van der Waals surface area contributed by atoms with Gasteiger partial charge in [0.05, 0.1) is 0 Å². The third-order valence-electron chi connectivity index (χ3n) is 3.84. The molecule has 0 spiro atoms. The Hall–Kier alpha value is -1.62. The minimum absolute atomic E-state index is 0.0411. The average molecular weight is 296 g/mol. The number of urea groups is 1. The maximum absolute atomic E-state index is 13.0. The van der Waals surface area contributed by atoms with Gasteiger partial charge in [-0.25, -0.2) is 9.18 Å². The summed E-state index contributed by atoms with van der Waals surface area (Å²) >= 11 is 0. The lowest BCUT2D eigenvalue weighted by Crippen LogP contribution is -2.50. The maximum atomic E-state index is 13.0. The molecule has 1 aromatic rings. The molecule has 1 unspecified atom stereocenters. The van der Waals surface area contributed by atoms with Gasteiger partial charge in [-0.15, -0.1) is 0 Å². The molecule has 0 saturated carbocycles. The first-order chi connectivity index (χ1) is 9.90. The number of amides is 2. The molecule has 0 radical (unpaired) electrons. The van der Waals surface area contributed by atoms with Crippen molar-refractivity contribution in [2.45, 2.75) is 45.6 Å². The Morgan fingerprint density at radius 2 is 2.14 bits per heavy atom. The van der Waals surface area contributed by atoms with Crippen LogP contribution in [0, 0.1) is 12.7 Å². The number of aryl methyl sites for hydroxylation is 1. The molecule has 0 fully saturated rings. The van der Waals surface area contributed by atoms with E-state index in [9.17, 15) is 9.18 Å². The largest absolute Gasteiger partial charge is 0.396 e. The fourth-order valence-electron chi connectivity index (χ4n) is 2.14. The molecule has 1 aromatic carbocycles. The van der Waals surface area contributed by atoms with E-state index in [1.165, 1.54) is 12.1 Å². The highest BCUT2D eigenvalue weighted by Gasteiger charge is 2.23. The number of hydrogen-bond acceptors (Lipinski definition) is 2. The van der Waals surface area contributed by atoms with E-state index in [4.69, 9.17) is 5.11 Å². The zero-order chi connectivity index (χ0) is 15.9. The monoisotopic (exact) mass is 296 g/mol. The molecule has 5 heteroatoms. The van der Waals surface area contributed by atoms with Crippen LogP contribution in [-0.2, 0) is 6.42 Å². The van der Waals surface area contributed by atoms with Crippen LogP contribution in [0.15, 0.2) is 18.2 Å². The van der Waals surface area contributed by atoms with Crippen molar-refractivity contribution < 1.29 is 14.3 Å². The third kappa shape index (κ3) is 5.71. The van der Waals surface area contributed by atoms with Crippen molar-refractivity contribution in [3.8, 4) is 0 Å². The van der Waals surface area contributed by atoms with Gasteiger partial charge < -0.3 is 15.7 Å². The molecule has 1 atom stereocenters. The van der Waals surface area contributed by atoms with Crippen molar-refractivity contribution in [2.24, 2.45) is 0 Å². The first-order valence-corrected chi connectivity index (χ1v) is 7.32. The summed E-state index contributed by atoms with van der Waals surface area (Å²) in [5, 5.41) is 14.7. The highest BCUT2D eigenvalue weighted by Crippen LogP contribution is 2.13. The van der Waals surface area contributed by atoms with E-state index >= 15 is 0 Å². The van der Waals surface area contributed by atoms with Gasteiger partial charge in [0, 0.05) is 18.7 Å². The van der Waals surface area contributed by atoms with Crippen LogP contribution in [0.25, 0.3) is 0 Å². The van der Waals surface area contributed by atoms with Crippen molar-refractivity contribution in [3.05, 3.63) is 35.1 Å². The number of carbonyl (C=O) groups excluding carboxylic acids is 1. The normalized spacial score (nSPS) is 13.6. The van der Waals surface area contributed by atoms with Crippen molar-refractivity contribution in [1.29, 1.82) is 0 Å². The number of aliphatic hydroxyl groups is 1. The summed E-state index contributed by atoms with van der Waals surface area (Å²) < 4.78 is 13.0. The Bertz CT molecular complexity index is 479. The summed E-state index contributed by atoms with van der Waals surface area (Å²) in [6.07, 6.45) is 1.93. The topological polar surface area (TPSA) is 61.4 Å². The summed E-state index contributed by atoms with van der Waals surface area (Å²) in [6, 6.07) is 4.42. The lowest BCUT2D eigenvalue weighted by atomic mass is 9.95. The van der Waals surface area contributed by atoms with Gasteiger partial charge in [-0.05, 0) is 56.4 Å². The second-order valence-electron chi connectivity index (χ2n) is 5.59. The molecule has 21 heavy (non-hydrogen) atoms. The molecule has 0 aliphatic heterocycles. The van der Waals surface area contributed by atoms with E-state index in [1.807, 2.05) is 20.8 Å². The standard InChI is InChI=1S/C16H25FN2O2/c1-4-16(3,8-10-20)19-15(21)18-9-7-13-5-6-14(17)11-12(13)2/h5-6,11,20H,4,7-10H2,1-3H3,(H2,18,19,21). The summed E-state index contributed by atoms with van der Waals surface area (Å²) in [5.41, 5.74) is 1.51. The minimum Gasteiger partial charge on any atom is -0.396 e. The minimum atomic E-state index is -0.398. The number of carbonyl (C=O) groups is 1. The van der Waals surface area contributed by atoms with Crippen molar-refractivity contribution in [1.82, 2.24) is 10.6 Å². The van der Waals surface area contributed by atoms with E-state index in [0.29, 0.717) is 19.4 Å². The molecular formula is C16H25FN2O2. The fraction of sp³-hybridized carbons (Fsp3) is 0.562. The van der Waals surface area contributed by atoms with Crippen LogP contribution in [-0.4, -0.2) is 29.8 Å². The summed E-state index contributed by atoms with van der Waals surface area (Å²) in [5.74, 6) is -0.246. The maximum Gasteiger partial charge on any atom is 0.315 e. The van der Waals surface area contributed by atoms with Gasteiger partial charge in [-0.3, -0.25) is 0 Å². The smallest absolute Gasteiger partial charge is 0.315 e. The second-order valence-corrected chi connectivity index (χ2v) is 5.59. The zero-order valence-electron chi connectivity index (χ0n) is 13.0. The molecule has 2 amide bonds. The van der Waals surface area contributed by atoms with Crippen LogP contribution in [0.3, 0.4) is 0 Å². The number of benzene rings is 1. The van der Waals surface area contributed by atoms with Gasteiger partial charge >= 0.3 is 6.03 Å². The van der Waals surface area contributed by atoms with E-state index in [-0.39, 0.29) is 18.5 Å². The molecule has 0 aliphatic rings. The highest BCUT2D eigenvalue weighted by atomic mass is 19.1. The van der Waals surface area contributed by atoms with Gasteiger partial charge in [0.2, 0.25) is 0 Å². The quantitative estimate of drug-likeness (QED) is 0.724. The number of hydrogen-bond donors (Lipinski definition) is 3. The lowest BCUT2D eigenvalue weighted by molar-refractivity contribution is 0.201. The highest BCUT2D eigenvalue weighted by molar-refractivity contribution is 5.74. The van der Waals surface area contributed by atoms with Gasteiger partial charge in [0.1, 0.15) is 5.82 Å². The number of halogens is 1. The molecular weight excluding hydrogens is 271 g/mol. The first-order valence-electron chi connectivity index (χ1n) is 7.32. The fourth-order valence-corrected chi connectivity index (χ4v) is 2.14. The van der Waals surface area contributed by atoms with E-state index in [1.54, 1.807) is 6.07 Å². The Morgan fingerprint density at radius 1 is 1.43 bits per heavy atom. The molecule has 118 valence electrons. The van der Waals surface area contributed by atoms with Crippen LogP contribution in [0.2, 0.25) is 0 Å². The zero-order valence-corrected chi connectivity index (χ0v) is 13.0. The van der Waals surface area contributed by atoms with E-state index < -0.39 is 5.54 Å². The molecule has 0 aromatic heterocycles. The third-order valence-corrected chi connectivity index (χ3v) is 3.84. The van der Waals surface area contributed by atoms with Gasteiger partial charge in [0.15, 0.2) is 0 Å². The molecule has 0 saturated heterocycles.